The number of halogens is 3. The van der Waals surface area contributed by atoms with Gasteiger partial charge in [0.15, 0.2) is 0 Å². The molecule has 2 N–H and O–H groups in total. The highest BCUT2D eigenvalue weighted by molar-refractivity contribution is 4.87. The summed E-state index contributed by atoms with van der Waals surface area (Å²) in [5, 5.41) is 12.7. The maximum Gasteiger partial charge on any atom is 0.401 e. The summed E-state index contributed by atoms with van der Waals surface area (Å²) >= 11 is 0. The lowest BCUT2D eigenvalue weighted by atomic mass is 9.96. The summed E-state index contributed by atoms with van der Waals surface area (Å²) < 4.78 is 37.5. The van der Waals surface area contributed by atoms with Gasteiger partial charge in [-0.05, 0) is 52.1 Å². The number of aliphatic hydroxyl groups excluding tert-OH is 1. The Bertz CT molecular complexity index is 282. The third kappa shape index (κ3) is 6.90. The Labute approximate surface area is 119 Å². The van der Waals surface area contributed by atoms with E-state index in [0.29, 0.717) is 19.4 Å². The van der Waals surface area contributed by atoms with Gasteiger partial charge in [-0.3, -0.25) is 4.90 Å². The third-order valence-electron chi connectivity index (χ3n) is 3.77. The minimum Gasteiger partial charge on any atom is -0.394 e. The van der Waals surface area contributed by atoms with E-state index >= 15 is 0 Å². The highest BCUT2D eigenvalue weighted by Gasteiger charge is 2.37. The van der Waals surface area contributed by atoms with Crippen molar-refractivity contribution in [3.8, 4) is 0 Å². The monoisotopic (exact) mass is 296 g/mol. The van der Waals surface area contributed by atoms with Crippen molar-refractivity contribution in [2.45, 2.75) is 63.7 Å². The standard InChI is InChI=1S/C14H27F3N2O/c1-3-8-18-13(2,11-20)7-4-9-19(12-5-6-12)10-14(15,16)17/h12,18,20H,3-11H2,1-2H3. The number of hydrogen-bond donors (Lipinski definition) is 2. The van der Waals surface area contributed by atoms with Gasteiger partial charge >= 0.3 is 6.18 Å². The molecule has 3 nitrogen and oxygen atoms in total. The summed E-state index contributed by atoms with van der Waals surface area (Å²) in [5.41, 5.74) is -0.385. The average Bonchev–Trinajstić information content (AvgIpc) is 3.18. The molecule has 0 spiro atoms. The van der Waals surface area contributed by atoms with Crippen molar-refractivity contribution in [3.63, 3.8) is 0 Å². The molecular formula is C14H27F3N2O. The molecule has 1 saturated carbocycles. The first-order valence-electron chi connectivity index (χ1n) is 7.46. The Hall–Kier alpha value is -0.330. The van der Waals surface area contributed by atoms with Crippen LogP contribution in [0, 0.1) is 0 Å². The normalized spacial score (nSPS) is 19.4. The van der Waals surface area contributed by atoms with Crippen molar-refractivity contribution in [1.82, 2.24) is 10.2 Å². The first kappa shape index (κ1) is 17.7. The quantitative estimate of drug-likeness (QED) is 0.650. The van der Waals surface area contributed by atoms with E-state index in [4.69, 9.17) is 0 Å². The maximum absolute atomic E-state index is 12.5. The minimum absolute atomic E-state index is 0.00962. The molecule has 20 heavy (non-hydrogen) atoms. The fourth-order valence-electron chi connectivity index (χ4n) is 2.38. The molecule has 1 atom stereocenters. The molecule has 1 aliphatic rings. The van der Waals surface area contributed by atoms with E-state index in [1.807, 2.05) is 13.8 Å². The van der Waals surface area contributed by atoms with E-state index in [-0.39, 0.29) is 18.2 Å². The Kier molecular flexibility index (Phi) is 6.75. The van der Waals surface area contributed by atoms with E-state index in [2.05, 4.69) is 5.32 Å². The van der Waals surface area contributed by atoms with Crippen LogP contribution < -0.4 is 5.32 Å². The first-order valence-corrected chi connectivity index (χ1v) is 7.46. The zero-order chi connectivity index (χ0) is 15.2. The SMILES string of the molecule is CCCNC(C)(CO)CCCN(CC(F)(F)F)C1CC1. The van der Waals surface area contributed by atoms with E-state index in [0.717, 1.165) is 25.8 Å². The van der Waals surface area contributed by atoms with Gasteiger partial charge in [-0.2, -0.15) is 13.2 Å². The van der Waals surface area contributed by atoms with E-state index in [1.54, 1.807) is 0 Å². The summed E-state index contributed by atoms with van der Waals surface area (Å²) in [7, 11) is 0. The molecule has 0 amide bonds. The molecule has 0 aliphatic heterocycles. The maximum atomic E-state index is 12.5. The molecule has 0 bridgehead atoms. The van der Waals surface area contributed by atoms with Crippen LogP contribution in [0.5, 0.6) is 0 Å². The van der Waals surface area contributed by atoms with Crippen LogP contribution in [0.1, 0.15) is 46.0 Å². The molecule has 1 unspecified atom stereocenters. The van der Waals surface area contributed by atoms with Crippen LogP contribution in [-0.2, 0) is 0 Å². The number of aliphatic hydroxyl groups is 1. The fraction of sp³-hybridized carbons (Fsp3) is 1.00. The van der Waals surface area contributed by atoms with Gasteiger partial charge in [0.25, 0.3) is 0 Å². The van der Waals surface area contributed by atoms with E-state index in [9.17, 15) is 18.3 Å². The summed E-state index contributed by atoms with van der Waals surface area (Å²) in [5.74, 6) is 0. The minimum atomic E-state index is -4.12. The topological polar surface area (TPSA) is 35.5 Å². The predicted molar refractivity (Wildman–Crippen MR) is 73.7 cm³/mol. The second-order valence-electron chi connectivity index (χ2n) is 6.07. The number of nitrogens with zero attached hydrogens (tertiary/aromatic N) is 1. The van der Waals surface area contributed by atoms with Crippen LogP contribution in [0.4, 0.5) is 13.2 Å². The molecule has 0 heterocycles. The predicted octanol–water partition coefficient (Wildman–Crippen LogP) is 2.54. The van der Waals surface area contributed by atoms with Gasteiger partial charge in [0.05, 0.1) is 13.2 Å². The number of nitrogens with one attached hydrogen (secondary N) is 1. The lowest BCUT2D eigenvalue weighted by molar-refractivity contribution is -0.147. The summed E-state index contributed by atoms with van der Waals surface area (Å²) in [6, 6.07) is 0.112. The Morgan fingerprint density at radius 3 is 2.40 bits per heavy atom. The van der Waals surface area contributed by atoms with Crippen molar-refractivity contribution >= 4 is 0 Å². The number of hydrogen-bond acceptors (Lipinski definition) is 3. The Morgan fingerprint density at radius 2 is 1.95 bits per heavy atom. The van der Waals surface area contributed by atoms with Crippen LogP contribution in [0.25, 0.3) is 0 Å². The van der Waals surface area contributed by atoms with Crippen LogP contribution >= 0.6 is 0 Å². The second-order valence-corrected chi connectivity index (χ2v) is 6.07. The van der Waals surface area contributed by atoms with Gasteiger partial charge in [0, 0.05) is 11.6 Å². The molecule has 6 heteroatoms. The molecule has 1 rings (SSSR count). The molecule has 0 saturated heterocycles. The van der Waals surface area contributed by atoms with Crippen LogP contribution in [0.3, 0.4) is 0 Å². The first-order chi connectivity index (χ1) is 9.29. The van der Waals surface area contributed by atoms with Crippen molar-refractivity contribution in [1.29, 1.82) is 0 Å². The van der Waals surface area contributed by atoms with Crippen molar-refractivity contribution in [3.05, 3.63) is 0 Å². The van der Waals surface area contributed by atoms with Crippen LogP contribution in [0.15, 0.2) is 0 Å². The van der Waals surface area contributed by atoms with Crippen molar-refractivity contribution in [2.24, 2.45) is 0 Å². The van der Waals surface area contributed by atoms with Crippen molar-refractivity contribution < 1.29 is 18.3 Å². The van der Waals surface area contributed by atoms with Gasteiger partial charge in [0.1, 0.15) is 0 Å². The Balaban J connectivity index is 2.35. The molecule has 1 fully saturated rings. The molecular weight excluding hydrogens is 269 g/mol. The molecule has 120 valence electrons. The fourth-order valence-corrected chi connectivity index (χ4v) is 2.38. The largest absolute Gasteiger partial charge is 0.401 e. The molecule has 0 radical (unpaired) electrons. The average molecular weight is 296 g/mol. The van der Waals surface area contributed by atoms with Gasteiger partial charge in [-0.15, -0.1) is 0 Å². The van der Waals surface area contributed by atoms with Gasteiger partial charge in [0.2, 0.25) is 0 Å². The van der Waals surface area contributed by atoms with Crippen LogP contribution in [0.2, 0.25) is 0 Å². The molecule has 0 aromatic rings. The van der Waals surface area contributed by atoms with Gasteiger partial charge < -0.3 is 10.4 Å². The summed E-state index contributed by atoms with van der Waals surface area (Å²) in [6.07, 6.45) is -0.0466. The number of alkyl halides is 3. The zero-order valence-corrected chi connectivity index (χ0v) is 12.5. The second kappa shape index (κ2) is 7.61. The van der Waals surface area contributed by atoms with Crippen LogP contribution in [-0.4, -0.2) is 54.0 Å². The molecule has 0 aromatic heterocycles. The smallest absolute Gasteiger partial charge is 0.394 e. The summed E-state index contributed by atoms with van der Waals surface area (Å²) in [4.78, 5) is 1.54. The highest BCUT2D eigenvalue weighted by atomic mass is 19.4. The van der Waals surface area contributed by atoms with Gasteiger partial charge in [-0.1, -0.05) is 6.92 Å². The number of rotatable bonds is 10. The Morgan fingerprint density at radius 1 is 1.30 bits per heavy atom. The lowest BCUT2D eigenvalue weighted by Gasteiger charge is -2.30. The zero-order valence-electron chi connectivity index (χ0n) is 12.5. The highest BCUT2D eigenvalue weighted by Crippen LogP contribution is 2.30. The molecule has 0 aromatic carbocycles. The van der Waals surface area contributed by atoms with Gasteiger partial charge in [-0.25, -0.2) is 0 Å². The van der Waals surface area contributed by atoms with Crippen molar-refractivity contribution in [2.75, 3.05) is 26.2 Å². The van der Waals surface area contributed by atoms with E-state index < -0.39 is 12.7 Å². The van der Waals surface area contributed by atoms with E-state index in [1.165, 1.54) is 4.90 Å². The molecule has 1 aliphatic carbocycles. The summed E-state index contributed by atoms with van der Waals surface area (Å²) in [6.45, 7) is 4.43. The lowest BCUT2D eigenvalue weighted by Crippen LogP contribution is -2.46. The third-order valence-corrected chi connectivity index (χ3v) is 3.77.